The van der Waals surface area contributed by atoms with Crippen LogP contribution in [0.5, 0.6) is 0 Å². The van der Waals surface area contributed by atoms with Gasteiger partial charge in [0.05, 0.1) is 6.07 Å². The Bertz CT molecular complexity index is 502. The van der Waals surface area contributed by atoms with E-state index in [1.165, 1.54) is 6.21 Å². The molecule has 1 rings (SSSR count). The molecule has 0 radical (unpaired) electrons. The van der Waals surface area contributed by atoms with Crippen molar-refractivity contribution in [1.82, 2.24) is 0 Å². The lowest BCUT2D eigenvalue weighted by Crippen LogP contribution is -2.13. The Kier molecular flexibility index (Phi) is 3.94. The summed E-state index contributed by atoms with van der Waals surface area (Å²) in [5.41, 5.74) is 1.58. The predicted molar refractivity (Wildman–Crippen MR) is 61.5 cm³/mol. The largest absolute Gasteiger partial charge is 0.291 e. The first kappa shape index (κ1) is 11.6. The highest BCUT2D eigenvalue weighted by atomic mass is 14.8. The minimum Gasteiger partial charge on any atom is -0.291 e. The zero-order valence-electron chi connectivity index (χ0n) is 8.81. The number of aliphatic imine (C=N–C) groups is 1. The number of hydrogen-bond acceptors (Lipinski definition) is 4. The van der Waals surface area contributed by atoms with Crippen molar-refractivity contribution in [3.63, 3.8) is 0 Å². The zero-order chi connectivity index (χ0) is 12.0. The third-order valence-corrected chi connectivity index (χ3v) is 2.07. The molecule has 1 aromatic carbocycles. The molecule has 0 bridgehead atoms. The Labute approximate surface area is 94.0 Å². The van der Waals surface area contributed by atoms with E-state index in [0.29, 0.717) is 0 Å². The molecule has 0 aromatic heterocycles. The molecule has 0 saturated heterocycles. The van der Waals surface area contributed by atoms with E-state index in [0.717, 1.165) is 11.1 Å². The Morgan fingerprint density at radius 3 is 2.69 bits per heavy atom. The van der Waals surface area contributed by atoms with Crippen molar-refractivity contribution in [2.24, 2.45) is 4.99 Å². The van der Waals surface area contributed by atoms with Crippen LogP contribution in [0.25, 0.3) is 0 Å². The quantitative estimate of drug-likeness (QED) is 0.772. The minimum atomic E-state index is -1.01. The van der Waals surface area contributed by atoms with E-state index in [1.54, 1.807) is 12.1 Å². The summed E-state index contributed by atoms with van der Waals surface area (Å²) in [7, 11) is 0. The van der Waals surface area contributed by atoms with Gasteiger partial charge in [0.15, 0.2) is 6.04 Å². The van der Waals surface area contributed by atoms with Crippen molar-refractivity contribution >= 4 is 11.9 Å². The number of benzene rings is 1. The summed E-state index contributed by atoms with van der Waals surface area (Å²) >= 11 is 0. The average molecular weight is 210 g/mol. The van der Waals surface area contributed by atoms with Gasteiger partial charge in [-0.3, -0.25) is 10.4 Å². The number of nitriles is 2. The van der Waals surface area contributed by atoms with Crippen molar-refractivity contribution in [3.8, 4) is 12.1 Å². The number of aryl methyl sites for hydroxylation is 1. The SMILES string of the molecule is Cc1ccccc1C=NC(C#N)C(=N)C#N. The number of hydrogen-bond donors (Lipinski definition) is 1. The van der Waals surface area contributed by atoms with E-state index >= 15 is 0 Å². The fourth-order valence-electron chi connectivity index (χ4n) is 1.12. The van der Waals surface area contributed by atoms with Gasteiger partial charge < -0.3 is 0 Å². The van der Waals surface area contributed by atoms with Crippen LogP contribution in [0, 0.1) is 35.0 Å². The number of nitrogens with one attached hydrogen (secondary N) is 1. The number of nitrogens with zero attached hydrogens (tertiary/aromatic N) is 3. The van der Waals surface area contributed by atoms with Gasteiger partial charge in [-0.05, 0) is 18.1 Å². The molecule has 0 saturated carbocycles. The van der Waals surface area contributed by atoms with Crippen molar-refractivity contribution in [3.05, 3.63) is 35.4 Å². The van der Waals surface area contributed by atoms with E-state index in [1.807, 2.05) is 31.2 Å². The lowest BCUT2D eigenvalue weighted by atomic mass is 10.1. The van der Waals surface area contributed by atoms with Gasteiger partial charge in [-0.25, -0.2) is 0 Å². The van der Waals surface area contributed by atoms with Crippen LogP contribution in [0.3, 0.4) is 0 Å². The lowest BCUT2D eigenvalue weighted by molar-refractivity contribution is 1.09. The first-order valence-electron chi connectivity index (χ1n) is 4.66. The van der Waals surface area contributed by atoms with Crippen molar-refractivity contribution in [2.75, 3.05) is 0 Å². The highest BCUT2D eigenvalue weighted by Crippen LogP contribution is 2.04. The smallest absolute Gasteiger partial charge is 0.187 e. The maximum absolute atomic E-state index is 8.72. The van der Waals surface area contributed by atoms with Crippen LogP contribution in [0.1, 0.15) is 11.1 Å². The Morgan fingerprint density at radius 1 is 1.44 bits per heavy atom. The summed E-state index contributed by atoms with van der Waals surface area (Å²) in [5, 5.41) is 24.4. The normalized spacial score (nSPS) is 11.7. The second-order valence-electron chi connectivity index (χ2n) is 3.19. The first-order chi connectivity index (χ1) is 7.69. The van der Waals surface area contributed by atoms with Crippen molar-refractivity contribution < 1.29 is 0 Å². The summed E-state index contributed by atoms with van der Waals surface area (Å²) in [6, 6.07) is 9.97. The molecule has 4 nitrogen and oxygen atoms in total. The predicted octanol–water partition coefficient (Wildman–Crippen LogP) is 1.85. The van der Waals surface area contributed by atoms with Gasteiger partial charge in [0.1, 0.15) is 11.8 Å². The van der Waals surface area contributed by atoms with Crippen LogP contribution in [0.2, 0.25) is 0 Å². The zero-order valence-corrected chi connectivity index (χ0v) is 8.81. The summed E-state index contributed by atoms with van der Waals surface area (Å²) in [4.78, 5) is 3.91. The fraction of sp³-hybridized carbons (Fsp3) is 0.167. The molecule has 1 unspecified atom stereocenters. The van der Waals surface area contributed by atoms with E-state index in [9.17, 15) is 0 Å². The van der Waals surface area contributed by atoms with Crippen LogP contribution in [0.4, 0.5) is 0 Å². The Morgan fingerprint density at radius 2 is 2.12 bits per heavy atom. The van der Waals surface area contributed by atoms with Gasteiger partial charge in [-0.15, -0.1) is 0 Å². The molecule has 0 amide bonds. The van der Waals surface area contributed by atoms with E-state index in [2.05, 4.69) is 4.99 Å². The molecule has 0 aliphatic heterocycles. The maximum atomic E-state index is 8.72. The third-order valence-electron chi connectivity index (χ3n) is 2.07. The number of rotatable bonds is 3. The molecule has 0 spiro atoms. The van der Waals surface area contributed by atoms with Crippen LogP contribution in [0.15, 0.2) is 29.3 Å². The van der Waals surface area contributed by atoms with Gasteiger partial charge in [0.25, 0.3) is 0 Å². The van der Waals surface area contributed by atoms with Crippen LogP contribution < -0.4 is 0 Å². The Balaban J connectivity index is 2.90. The van der Waals surface area contributed by atoms with Crippen molar-refractivity contribution in [2.45, 2.75) is 13.0 Å². The van der Waals surface area contributed by atoms with Crippen LogP contribution in [-0.4, -0.2) is 18.0 Å². The van der Waals surface area contributed by atoms with Gasteiger partial charge >= 0.3 is 0 Å². The summed E-state index contributed by atoms with van der Waals surface area (Å²) in [6.45, 7) is 1.93. The molecular formula is C12H10N4. The third kappa shape index (κ3) is 2.76. The van der Waals surface area contributed by atoms with Gasteiger partial charge in [-0.2, -0.15) is 10.5 Å². The molecule has 0 aliphatic rings. The van der Waals surface area contributed by atoms with Crippen LogP contribution in [-0.2, 0) is 0 Å². The van der Waals surface area contributed by atoms with Crippen molar-refractivity contribution in [1.29, 1.82) is 15.9 Å². The molecule has 0 fully saturated rings. The van der Waals surface area contributed by atoms with E-state index < -0.39 is 6.04 Å². The monoisotopic (exact) mass is 210 g/mol. The van der Waals surface area contributed by atoms with Gasteiger partial charge in [0.2, 0.25) is 0 Å². The summed E-state index contributed by atoms with van der Waals surface area (Å²) in [6.07, 6.45) is 1.52. The van der Waals surface area contributed by atoms with Crippen LogP contribution >= 0.6 is 0 Å². The molecule has 1 aromatic rings. The highest BCUT2D eigenvalue weighted by molar-refractivity contribution is 6.03. The molecule has 1 atom stereocenters. The molecule has 4 heteroatoms. The Hall–Kier alpha value is -2.46. The molecule has 1 N–H and O–H groups in total. The topological polar surface area (TPSA) is 83.8 Å². The van der Waals surface area contributed by atoms with E-state index in [-0.39, 0.29) is 5.71 Å². The fourth-order valence-corrected chi connectivity index (χ4v) is 1.12. The second-order valence-corrected chi connectivity index (χ2v) is 3.19. The highest BCUT2D eigenvalue weighted by Gasteiger charge is 2.10. The average Bonchev–Trinajstić information content (AvgIpc) is 2.31. The molecule has 0 aliphatic carbocycles. The second kappa shape index (κ2) is 5.43. The molecular weight excluding hydrogens is 200 g/mol. The standard InChI is InChI=1S/C12H10N4/c1-9-4-2-3-5-10(9)8-16-12(7-14)11(15)6-13/h2-5,8,12,15H,1H3. The molecule has 78 valence electrons. The summed E-state index contributed by atoms with van der Waals surface area (Å²) in [5.74, 6) is 0. The molecule has 16 heavy (non-hydrogen) atoms. The van der Waals surface area contributed by atoms with E-state index in [4.69, 9.17) is 15.9 Å². The minimum absolute atomic E-state index is 0.340. The maximum Gasteiger partial charge on any atom is 0.187 e. The first-order valence-corrected chi connectivity index (χ1v) is 4.66. The van der Waals surface area contributed by atoms with Gasteiger partial charge in [0, 0.05) is 6.21 Å². The summed E-state index contributed by atoms with van der Waals surface area (Å²) < 4.78 is 0. The lowest BCUT2D eigenvalue weighted by Gasteiger charge is -2.00. The molecule has 0 heterocycles. The van der Waals surface area contributed by atoms with Gasteiger partial charge in [-0.1, -0.05) is 24.3 Å².